The van der Waals surface area contributed by atoms with Gasteiger partial charge in [0.15, 0.2) is 5.82 Å². The Hall–Kier alpha value is -1.43. The van der Waals surface area contributed by atoms with Gasteiger partial charge in [0.05, 0.1) is 5.02 Å². The summed E-state index contributed by atoms with van der Waals surface area (Å²) in [6.45, 7) is 0. The van der Waals surface area contributed by atoms with Crippen molar-refractivity contribution in [3.05, 3.63) is 40.6 Å². The molecular weight excluding hydrogens is 265 g/mol. The molecule has 0 amide bonds. The highest BCUT2D eigenvalue weighted by atomic mass is 35.5. The number of fused-ring (bicyclic) bond motifs is 1. The zero-order chi connectivity index (χ0) is 12.8. The standard InChI is InChI=1S/C10H3ClF5N/c11-6-3-8(10(14,15)16)17-9-5(6)1-4(12)2-7(9)13/h1-3H. The predicted octanol–water partition coefficient (Wildman–Crippen LogP) is 4.19. The van der Waals surface area contributed by atoms with E-state index in [0.717, 1.165) is 6.07 Å². The van der Waals surface area contributed by atoms with Crippen LogP contribution >= 0.6 is 11.6 Å². The minimum absolute atomic E-state index is 0.197. The molecular formula is C10H3ClF5N. The first kappa shape index (κ1) is 12.0. The first-order valence-corrected chi connectivity index (χ1v) is 4.69. The molecule has 0 aliphatic heterocycles. The van der Waals surface area contributed by atoms with Crippen molar-refractivity contribution in [1.82, 2.24) is 4.98 Å². The minimum Gasteiger partial charge on any atom is -0.240 e. The monoisotopic (exact) mass is 267 g/mol. The fourth-order valence-electron chi connectivity index (χ4n) is 1.36. The number of hydrogen-bond acceptors (Lipinski definition) is 1. The molecule has 0 unspecified atom stereocenters. The van der Waals surface area contributed by atoms with Gasteiger partial charge in [-0.15, -0.1) is 0 Å². The molecule has 0 bridgehead atoms. The number of aromatic nitrogens is 1. The van der Waals surface area contributed by atoms with Gasteiger partial charge in [0.25, 0.3) is 0 Å². The average molecular weight is 268 g/mol. The minimum atomic E-state index is -4.74. The van der Waals surface area contributed by atoms with Gasteiger partial charge in [-0.25, -0.2) is 13.8 Å². The summed E-state index contributed by atoms with van der Waals surface area (Å²) in [6, 6.07) is 1.81. The first-order valence-electron chi connectivity index (χ1n) is 4.31. The van der Waals surface area contributed by atoms with Crippen LogP contribution in [-0.2, 0) is 6.18 Å². The Kier molecular flexibility index (Phi) is 2.69. The molecule has 0 fully saturated rings. The summed E-state index contributed by atoms with van der Waals surface area (Å²) in [5.74, 6) is -2.12. The van der Waals surface area contributed by atoms with E-state index >= 15 is 0 Å². The van der Waals surface area contributed by atoms with Gasteiger partial charge in [0.1, 0.15) is 17.0 Å². The van der Waals surface area contributed by atoms with E-state index in [9.17, 15) is 22.0 Å². The number of benzene rings is 1. The second-order valence-electron chi connectivity index (χ2n) is 3.27. The number of hydrogen-bond donors (Lipinski definition) is 0. The zero-order valence-electron chi connectivity index (χ0n) is 7.95. The van der Waals surface area contributed by atoms with Crippen molar-refractivity contribution < 1.29 is 22.0 Å². The highest BCUT2D eigenvalue weighted by molar-refractivity contribution is 6.35. The van der Waals surface area contributed by atoms with E-state index in [4.69, 9.17) is 11.6 Å². The van der Waals surface area contributed by atoms with Gasteiger partial charge < -0.3 is 0 Å². The Bertz CT molecular complexity index is 593. The van der Waals surface area contributed by atoms with E-state index in [1.54, 1.807) is 0 Å². The summed E-state index contributed by atoms with van der Waals surface area (Å²) in [5.41, 5.74) is -1.92. The number of alkyl halides is 3. The highest BCUT2D eigenvalue weighted by Gasteiger charge is 2.33. The van der Waals surface area contributed by atoms with Crippen molar-refractivity contribution in [2.24, 2.45) is 0 Å². The summed E-state index contributed by atoms with van der Waals surface area (Å²) in [4.78, 5) is 3.10. The van der Waals surface area contributed by atoms with E-state index in [0.29, 0.717) is 12.1 Å². The van der Waals surface area contributed by atoms with Crippen molar-refractivity contribution in [2.75, 3.05) is 0 Å². The van der Waals surface area contributed by atoms with Gasteiger partial charge in [-0.05, 0) is 12.1 Å². The fraction of sp³-hybridized carbons (Fsp3) is 0.100. The normalized spacial score (nSPS) is 12.1. The topological polar surface area (TPSA) is 12.9 Å². The lowest BCUT2D eigenvalue weighted by molar-refractivity contribution is -0.140. The molecule has 0 N–H and O–H groups in total. The van der Waals surface area contributed by atoms with Crippen molar-refractivity contribution in [2.45, 2.75) is 6.18 Å². The van der Waals surface area contributed by atoms with Crippen LogP contribution in [0.3, 0.4) is 0 Å². The number of rotatable bonds is 0. The van der Waals surface area contributed by atoms with Gasteiger partial charge in [0.2, 0.25) is 0 Å². The average Bonchev–Trinajstić information content (AvgIpc) is 2.17. The quantitative estimate of drug-likeness (QED) is 0.652. The Morgan fingerprint density at radius 2 is 1.71 bits per heavy atom. The molecule has 0 aliphatic carbocycles. The van der Waals surface area contributed by atoms with E-state index in [-0.39, 0.29) is 5.39 Å². The molecule has 0 saturated heterocycles. The summed E-state index contributed by atoms with van der Waals surface area (Å²) in [5, 5.41) is -0.599. The molecule has 2 aromatic rings. The largest absolute Gasteiger partial charge is 0.433 e. The Balaban J connectivity index is 2.83. The van der Waals surface area contributed by atoms with Gasteiger partial charge in [-0.1, -0.05) is 11.6 Å². The molecule has 1 nitrogen and oxygen atoms in total. The molecule has 1 aromatic heterocycles. The van der Waals surface area contributed by atoms with Crippen LogP contribution in [0.1, 0.15) is 5.69 Å². The van der Waals surface area contributed by atoms with Crippen LogP contribution in [0.2, 0.25) is 5.02 Å². The molecule has 1 aromatic carbocycles. The molecule has 0 saturated carbocycles. The van der Waals surface area contributed by atoms with E-state index in [2.05, 4.69) is 4.98 Å². The van der Waals surface area contributed by atoms with Crippen LogP contribution in [0.25, 0.3) is 10.9 Å². The SMILES string of the molecule is Fc1cc(F)c2nc(C(F)(F)F)cc(Cl)c2c1. The smallest absolute Gasteiger partial charge is 0.240 e. The Morgan fingerprint density at radius 1 is 1.06 bits per heavy atom. The van der Waals surface area contributed by atoms with Crippen molar-refractivity contribution >= 4 is 22.5 Å². The summed E-state index contributed by atoms with van der Waals surface area (Å²) < 4.78 is 63.3. The molecule has 90 valence electrons. The van der Waals surface area contributed by atoms with Crippen LogP contribution in [0.4, 0.5) is 22.0 Å². The van der Waals surface area contributed by atoms with Crippen molar-refractivity contribution in [1.29, 1.82) is 0 Å². The summed E-state index contributed by atoms with van der Waals surface area (Å²) >= 11 is 5.54. The molecule has 0 radical (unpaired) electrons. The summed E-state index contributed by atoms with van der Waals surface area (Å²) in [6.07, 6.45) is -4.74. The van der Waals surface area contributed by atoms with Crippen molar-refractivity contribution in [3.8, 4) is 0 Å². The van der Waals surface area contributed by atoms with Gasteiger partial charge >= 0.3 is 6.18 Å². The van der Waals surface area contributed by atoms with Crippen molar-refractivity contribution in [3.63, 3.8) is 0 Å². The third kappa shape index (κ3) is 2.17. The second-order valence-corrected chi connectivity index (χ2v) is 3.68. The van der Waals surface area contributed by atoms with Crippen LogP contribution < -0.4 is 0 Å². The second kappa shape index (κ2) is 3.80. The lowest BCUT2D eigenvalue weighted by Crippen LogP contribution is -2.08. The highest BCUT2D eigenvalue weighted by Crippen LogP contribution is 2.33. The number of halogens is 6. The lowest BCUT2D eigenvalue weighted by Gasteiger charge is -2.08. The Labute approximate surface area is 96.8 Å². The number of pyridine rings is 1. The number of nitrogens with zero attached hydrogens (tertiary/aromatic N) is 1. The van der Waals surface area contributed by atoms with Crippen LogP contribution in [0, 0.1) is 11.6 Å². The summed E-state index contributed by atoms with van der Waals surface area (Å²) in [7, 11) is 0. The maximum Gasteiger partial charge on any atom is 0.433 e. The maximum atomic E-state index is 13.3. The fourth-order valence-corrected chi connectivity index (χ4v) is 1.60. The molecule has 0 aliphatic rings. The molecule has 1 heterocycles. The Morgan fingerprint density at radius 3 is 2.29 bits per heavy atom. The van der Waals surface area contributed by atoms with Gasteiger partial charge in [-0.2, -0.15) is 13.2 Å². The van der Waals surface area contributed by atoms with E-state index in [1.165, 1.54) is 0 Å². The van der Waals surface area contributed by atoms with Crippen LogP contribution in [0.5, 0.6) is 0 Å². The third-order valence-electron chi connectivity index (χ3n) is 2.07. The molecule has 0 spiro atoms. The molecule has 0 atom stereocenters. The van der Waals surface area contributed by atoms with Crippen LogP contribution in [-0.4, -0.2) is 4.98 Å². The van der Waals surface area contributed by atoms with Crippen LogP contribution in [0.15, 0.2) is 18.2 Å². The van der Waals surface area contributed by atoms with E-state index < -0.39 is 34.0 Å². The van der Waals surface area contributed by atoms with E-state index in [1.807, 2.05) is 0 Å². The van der Waals surface area contributed by atoms with Gasteiger partial charge in [0, 0.05) is 11.5 Å². The molecule has 2 rings (SSSR count). The lowest BCUT2D eigenvalue weighted by atomic mass is 10.2. The predicted molar refractivity (Wildman–Crippen MR) is 51.7 cm³/mol. The maximum absolute atomic E-state index is 13.3. The third-order valence-corrected chi connectivity index (χ3v) is 2.38. The first-order chi connectivity index (χ1) is 7.79. The zero-order valence-corrected chi connectivity index (χ0v) is 8.70. The molecule has 7 heteroatoms. The molecule has 17 heavy (non-hydrogen) atoms. The van der Waals surface area contributed by atoms with Gasteiger partial charge in [-0.3, -0.25) is 0 Å².